The molecule has 12 heavy (non-hydrogen) atoms. The normalized spacial score (nSPS) is 10.5. The van der Waals surface area contributed by atoms with Crippen molar-refractivity contribution in [2.45, 2.75) is 6.92 Å². The van der Waals surface area contributed by atoms with E-state index in [1.165, 1.54) is 5.56 Å². The lowest BCUT2D eigenvalue weighted by Gasteiger charge is -1.99. The van der Waals surface area contributed by atoms with Crippen LogP contribution in [0.5, 0.6) is 0 Å². The minimum atomic E-state index is 0.975. The van der Waals surface area contributed by atoms with E-state index in [0.717, 1.165) is 15.4 Å². The standard InChI is InChI=1S/C9H7BrN2/c1-6-2-7-4-11-5-12-9(7)3-8(6)10/h2-5H,1H3. The van der Waals surface area contributed by atoms with Gasteiger partial charge in [-0.05, 0) is 24.6 Å². The molecule has 0 aliphatic heterocycles. The maximum atomic E-state index is 4.14. The van der Waals surface area contributed by atoms with Crippen molar-refractivity contribution in [2.24, 2.45) is 0 Å². The van der Waals surface area contributed by atoms with E-state index >= 15 is 0 Å². The number of aromatic nitrogens is 2. The summed E-state index contributed by atoms with van der Waals surface area (Å²) in [5.41, 5.74) is 2.18. The van der Waals surface area contributed by atoms with Gasteiger partial charge in [-0.2, -0.15) is 0 Å². The van der Waals surface area contributed by atoms with Gasteiger partial charge in [-0.3, -0.25) is 0 Å². The molecule has 0 fully saturated rings. The first-order valence-electron chi connectivity index (χ1n) is 3.63. The molecule has 0 aliphatic carbocycles. The van der Waals surface area contributed by atoms with Gasteiger partial charge in [-0.1, -0.05) is 15.9 Å². The molecular weight excluding hydrogens is 216 g/mol. The molecule has 0 aliphatic rings. The molecule has 0 saturated carbocycles. The zero-order valence-electron chi connectivity index (χ0n) is 6.58. The predicted octanol–water partition coefficient (Wildman–Crippen LogP) is 2.70. The first-order chi connectivity index (χ1) is 5.77. The van der Waals surface area contributed by atoms with Crippen molar-refractivity contribution in [1.82, 2.24) is 9.97 Å². The average Bonchev–Trinajstić information content (AvgIpc) is 2.07. The molecule has 0 radical (unpaired) electrons. The smallest absolute Gasteiger partial charge is 0.116 e. The fourth-order valence-corrected chi connectivity index (χ4v) is 1.45. The third kappa shape index (κ3) is 1.20. The summed E-state index contributed by atoms with van der Waals surface area (Å²) in [6, 6.07) is 4.08. The number of fused-ring (bicyclic) bond motifs is 1. The highest BCUT2D eigenvalue weighted by Gasteiger charge is 1.98. The summed E-state index contributed by atoms with van der Waals surface area (Å²) in [4.78, 5) is 8.10. The number of nitrogens with zero attached hydrogens (tertiary/aromatic N) is 2. The van der Waals surface area contributed by atoms with Crippen molar-refractivity contribution in [2.75, 3.05) is 0 Å². The number of hydrogen-bond acceptors (Lipinski definition) is 2. The monoisotopic (exact) mass is 222 g/mol. The lowest BCUT2D eigenvalue weighted by atomic mass is 10.2. The van der Waals surface area contributed by atoms with Crippen LogP contribution in [0, 0.1) is 6.92 Å². The second kappa shape index (κ2) is 2.83. The highest BCUT2D eigenvalue weighted by Crippen LogP contribution is 2.21. The van der Waals surface area contributed by atoms with Gasteiger partial charge < -0.3 is 0 Å². The van der Waals surface area contributed by atoms with Crippen LogP contribution < -0.4 is 0 Å². The Kier molecular flexibility index (Phi) is 1.81. The molecule has 1 aromatic heterocycles. The fraction of sp³-hybridized carbons (Fsp3) is 0.111. The van der Waals surface area contributed by atoms with E-state index in [2.05, 4.69) is 38.9 Å². The minimum Gasteiger partial charge on any atom is -0.244 e. The van der Waals surface area contributed by atoms with Gasteiger partial charge in [-0.15, -0.1) is 0 Å². The van der Waals surface area contributed by atoms with Crippen LogP contribution in [0.4, 0.5) is 0 Å². The molecule has 0 unspecified atom stereocenters. The van der Waals surface area contributed by atoms with Crippen LogP contribution in [0.2, 0.25) is 0 Å². The Morgan fingerprint density at radius 3 is 3.00 bits per heavy atom. The molecule has 60 valence electrons. The number of rotatable bonds is 0. The van der Waals surface area contributed by atoms with E-state index in [0.29, 0.717) is 0 Å². The number of halogens is 1. The Hall–Kier alpha value is -0.960. The van der Waals surface area contributed by atoms with Gasteiger partial charge in [0.2, 0.25) is 0 Å². The predicted molar refractivity (Wildman–Crippen MR) is 52.0 cm³/mol. The third-order valence-corrected chi connectivity index (χ3v) is 2.64. The van der Waals surface area contributed by atoms with Gasteiger partial charge in [0.05, 0.1) is 5.52 Å². The van der Waals surface area contributed by atoms with E-state index in [1.54, 1.807) is 6.33 Å². The molecule has 3 heteroatoms. The molecule has 0 saturated heterocycles. The van der Waals surface area contributed by atoms with Gasteiger partial charge >= 0.3 is 0 Å². The van der Waals surface area contributed by atoms with Crippen molar-refractivity contribution in [3.05, 3.63) is 34.7 Å². The molecule has 2 rings (SSSR count). The van der Waals surface area contributed by atoms with Crippen LogP contribution in [-0.2, 0) is 0 Å². The summed E-state index contributed by atoms with van der Waals surface area (Å²) in [6.45, 7) is 2.05. The van der Waals surface area contributed by atoms with Crippen LogP contribution in [0.15, 0.2) is 29.1 Å². The van der Waals surface area contributed by atoms with Crippen molar-refractivity contribution >= 4 is 26.8 Å². The van der Waals surface area contributed by atoms with Crippen LogP contribution in [0.25, 0.3) is 10.9 Å². The van der Waals surface area contributed by atoms with Gasteiger partial charge in [0, 0.05) is 16.1 Å². The molecule has 1 aromatic carbocycles. The van der Waals surface area contributed by atoms with Gasteiger partial charge in [0.25, 0.3) is 0 Å². The zero-order chi connectivity index (χ0) is 8.55. The van der Waals surface area contributed by atoms with Gasteiger partial charge in [0.1, 0.15) is 6.33 Å². The Bertz CT molecular complexity index is 385. The second-order valence-electron chi connectivity index (χ2n) is 2.68. The quantitative estimate of drug-likeness (QED) is 0.686. The molecule has 0 amide bonds. The zero-order valence-corrected chi connectivity index (χ0v) is 8.17. The van der Waals surface area contributed by atoms with Crippen molar-refractivity contribution < 1.29 is 0 Å². The Morgan fingerprint density at radius 2 is 2.17 bits per heavy atom. The molecule has 0 spiro atoms. The van der Waals surface area contributed by atoms with Crippen LogP contribution in [0.1, 0.15) is 5.56 Å². The Morgan fingerprint density at radius 1 is 1.33 bits per heavy atom. The number of aryl methyl sites for hydroxylation is 1. The molecular formula is C9H7BrN2. The molecule has 0 atom stereocenters. The van der Waals surface area contributed by atoms with Crippen LogP contribution in [-0.4, -0.2) is 9.97 Å². The first-order valence-corrected chi connectivity index (χ1v) is 4.42. The summed E-state index contributed by atoms with van der Waals surface area (Å²) < 4.78 is 1.09. The van der Waals surface area contributed by atoms with E-state index in [-0.39, 0.29) is 0 Å². The maximum Gasteiger partial charge on any atom is 0.116 e. The summed E-state index contributed by atoms with van der Waals surface area (Å²) >= 11 is 3.46. The second-order valence-corrected chi connectivity index (χ2v) is 3.54. The van der Waals surface area contributed by atoms with Gasteiger partial charge in [0.15, 0.2) is 0 Å². The lowest BCUT2D eigenvalue weighted by Crippen LogP contribution is -1.83. The highest BCUT2D eigenvalue weighted by molar-refractivity contribution is 9.10. The van der Waals surface area contributed by atoms with Crippen LogP contribution in [0.3, 0.4) is 0 Å². The molecule has 0 bridgehead atoms. The SMILES string of the molecule is Cc1cc2cncnc2cc1Br. The minimum absolute atomic E-state index is 0.975. The average molecular weight is 223 g/mol. The lowest BCUT2D eigenvalue weighted by molar-refractivity contribution is 1.22. The van der Waals surface area contributed by atoms with Crippen LogP contribution >= 0.6 is 15.9 Å². The topological polar surface area (TPSA) is 25.8 Å². The Labute approximate surface area is 78.8 Å². The van der Waals surface area contributed by atoms with E-state index in [1.807, 2.05) is 12.3 Å². The summed E-state index contributed by atoms with van der Waals surface area (Å²) in [5, 5.41) is 1.08. The summed E-state index contributed by atoms with van der Waals surface area (Å²) in [7, 11) is 0. The first kappa shape index (κ1) is 7.68. The maximum absolute atomic E-state index is 4.14. The molecule has 2 nitrogen and oxygen atoms in total. The van der Waals surface area contributed by atoms with Gasteiger partial charge in [-0.25, -0.2) is 9.97 Å². The van der Waals surface area contributed by atoms with E-state index in [9.17, 15) is 0 Å². The largest absolute Gasteiger partial charge is 0.244 e. The molecule has 2 aromatic rings. The van der Waals surface area contributed by atoms with Crippen molar-refractivity contribution in [3.8, 4) is 0 Å². The third-order valence-electron chi connectivity index (χ3n) is 1.79. The highest BCUT2D eigenvalue weighted by atomic mass is 79.9. The van der Waals surface area contributed by atoms with E-state index in [4.69, 9.17) is 0 Å². The van der Waals surface area contributed by atoms with Crippen molar-refractivity contribution in [3.63, 3.8) is 0 Å². The molecule has 1 heterocycles. The summed E-state index contributed by atoms with van der Waals surface area (Å²) in [6.07, 6.45) is 3.38. The fourth-order valence-electron chi connectivity index (χ4n) is 1.12. The number of hydrogen-bond donors (Lipinski definition) is 0. The van der Waals surface area contributed by atoms with Crippen molar-refractivity contribution in [1.29, 1.82) is 0 Å². The van der Waals surface area contributed by atoms with E-state index < -0.39 is 0 Å². The number of benzene rings is 1. The summed E-state index contributed by atoms with van der Waals surface area (Å²) in [5.74, 6) is 0. The molecule has 0 N–H and O–H groups in total. The Balaban J connectivity index is 2.84.